The highest BCUT2D eigenvalue weighted by Gasteiger charge is 2.13. The molecule has 0 aliphatic heterocycles. The summed E-state index contributed by atoms with van der Waals surface area (Å²) in [5.74, 6) is 0. The van der Waals surface area contributed by atoms with Crippen LogP contribution in [0.5, 0.6) is 6.01 Å². The number of fused-ring (bicyclic) bond motifs is 1. The van der Waals surface area contributed by atoms with Gasteiger partial charge in [0, 0.05) is 0 Å². The summed E-state index contributed by atoms with van der Waals surface area (Å²) in [5.41, 5.74) is 8.27. The molecule has 1 atom stereocenters. The van der Waals surface area contributed by atoms with Crippen LogP contribution in [0.2, 0.25) is 0 Å². The van der Waals surface area contributed by atoms with Gasteiger partial charge in [-0.3, -0.25) is 0 Å². The van der Waals surface area contributed by atoms with E-state index in [1.807, 2.05) is 48.5 Å². The van der Waals surface area contributed by atoms with E-state index in [-0.39, 0.29) is 23.8 Å². The second-order valence-electron chi connectivity index (χ2n) is 4.51. The first kappa shape index (κ1) is 16.1. The van der Waals surface area contributed by atoms with Gasteiger partial charge in [0.25, 0.3) is 0 Å². The summed E-state index contributed by atoms with van der Waals surface area (Å²) in [6, 6.07) is 15.4. The SMILES string of the molecule is Cl.NC(=O)Oc1nc2cc(C(Cl)c3ccccc3)ccc2[nH]1. The maximum Gasteiger partial charge on any atom is 0.412 e. The number of carbonyl (C=O) groups is 1. The van der Waals surface area contributed by atoms with Crippen LogP contribution in [0.3, 0.4) is 0 Å². The Labute approximate surface area is 137 Å². The number of hydrogen-bond donors (Lipinski definition) is 2. The summed E-state index contributed by atoms with van der Waals surface area (Å²) in [5, 5.41) is -0.271. The molecule has 1 heterocycles. The van der Waals surface area contributed by atoms with Crippen LogP contribution in [-0.2, 0) is 0 Å². The van der Waals surface area contributed by atoms with Crippen molar-refractivity contribution in [3.63, 3.8) is 0 Å². The van der Waals surface area contributed by atoms with Gasteiger partial charge in [0.15, 0.2) is 0 Å². The van der Waals surface area contributed by atoms with Gasteiger partial charge in [-0.2, -0.15) is 4.98 Å². The van der Waals surface area contributed by atoms with Gasteiger partial charge in [-0.1, -0.05) is 36.4 Å². The zero-order chi connectivity index (χ0) is 14.8. The lowest BCUT2D eigenvalue weighted by molar-refractivity contribution is 0.207. The van der Waals surface area contributed by atoms with Gasteiger partial charge >= 0.3 is 12.1 Å². The van der Waals surface area contributed by atoms with Crippen LogP contribution in [0.15, 0.2) is 48.5 Å². The summed E-state index contributed by atoms with van der Waals surface area (Å²) in [4.78, 5) is 17.7. The maximum absolute atomic E-state index is 10.7. The first-order chi connectivity index (χ1) is 10.1. The van der Waals surface area contributed by atoms with Crippen LogP contribution in [0.25, 0.3) is 11.0 Å². The van der Waals surface area contributed by atoms with E-state index >= 15 is 0 Å². The molecule has 0 fully saturated rings. The average Bonchev–Trinajstić information content (AvgIpc) is 2.87. The molecule has 0 spiro atoms. The minimum absolute atomic E-state index is 0. The lowest BCUT2D eigenvalue weighted by Gasteiger charge is -2.09. The Hall–Kier alpha value is -2.24. The minimum Gasteiger partial charge on any atom is -0.376 e. The number of aromatic amines is 1. The lowest BCUT2D eigenvalue weighted by Crippen LogP contribution is -2.16. The molecule has 7 heteroatoms. The predicted molar refractivity (Wildman–Crippen MR) is 87.7 cm³/mol. The van der Waals surface area contributed by atoms with Crippen LogP contribution in [0.1, 0.15) is 16.5 Å². The van der Waals surface area contributed by atoms with E-state index in [0.717, 1.165) is 16.6 Å². The summed E-state index contributed by atoms with van der Waals surface area (Å²) in [6.07, 6.45) is -0.909. The molecule has 2 aromatic carbocycles. The molecular weight excluding hydrogens is 325 g/mol. The molecule has 3 N–H and O–H groups in total. The highest BCUT2D eigenvalue weighted by Crippen LogP contribution is 2.30. The lowest BCUT2D eigenvalue weighted by atomic mass is 10.0. The fourth-order valence-corrected chi connectivity index (χ4v) is 2.40. The number of nitrogens with zero attached hydrogens (tertiary/aromatic N) is 1. The van der Waals surface area contributed by atoms with Crippen LogP contribution in [0, 0.1) is 0 Å². The van der Waals surface area contributed by atoms with Crippen LogP contribution in [0.4, 0.5) is 4.79 Å². The molecule has 0 bridgehead atoms. The summed E-state index contributed by atoms with van der Waals surface area (Å²) < 4.78 is 4.72. The van der Waals surface area contributed by atoms with E-state index < -0.39 is 6.09 Å². The Morgan fingerprint density at radius 2 is 1.91 bits per heavy atom. The number of nitrogens with two attached hydrogens (primary N) is 1. The topological polar surface area (TPSA) is 81.0 Å². The van der Waals surface area contributed by atoms with E-state index in [1.165, 1.54) is 0 Å². The van der Waals surface area contributed by atoms with Crippen LogP contribution < -0.4 is 10.5 Å². The fraction of sp³-hybridized carbons (Fsp3) is 0.0667. The number of hydrogen-bond acceptors (Lipinski definition) is 3. The van der Waals surface area contributed by atoms with Crippen molar-refractivity contribution in [2.24, 2.45) is 5.73 Å². The first-order valence-electron chi connectivity index (χ1n) is 6.29. The standard InChI is InChI=1S/C15H12ClN3O2.ClH/c16-13(9-4-2-1-3-5-9)10-6-7-11-12(8-10)19-15(18-11)21-14(17)20;/h1-8,13H,(H2,17,20)(H,18,19);1H. The number of ether oxygens (including phenoxy) is 1. The maximum atomic E-state index is 10.7. The quantitative estimate of drug-likeness (QED) is 0.713. The Bertz CT molecular complexity index is 790. The van der Waals surface area contributed by atoms with Crippen molar-refractivity contribution < 1.29 is 9.53 Å². The normalized spacial score (nSPS) is 11.7. The number of amides is 1. The Morgan fingerprint density at radius 3 is 2.59 bits per heavy atom. The number of halogens is 2. The predicted octanol–water partition coefficient (Wildman–Crippen LogP) is 3.77. The molecule has 0 saturated carbocycles. The van der Waals surface area contributed by atoms with E-state index in [4.69, 9.17) is 22.1 Å². The Balaban J connectivity index is 0.00000176. The van der Waals surface area contributed by atoms with Crippen molar-refractivity contribution in [1.82, 2.24) is 9.97 Å². The monoisotopic (exact) mass is 337 g/mol. The second kappa shape index (κ2) is 6.68. The van der Waals surface area contributed by atoms with Gasteiger partial charge in [0.1, 0.15) is 0 Å². The smallest absolute Gasteiger partial charge is 0.376 e. The van der Waals surface area contributed by atoms with E-state index in [2.05, 4.69) is 9.97 Å². The fourth-order valence-electron chi connectivity index (χ4n) is 2.12. The molecule has 3 aromatic rings. The summed E-state index contributed by atoms with van der Waals surface area (Å²) in [7, 11) is 0. The number of imidazole rings is 1. The molecule has 1 unspecified atom stereocenters. The minimum atomic E-state index is -0.909. The first-order valence-corrected chi connectivity index (χ1v) is 6.73. The summed E-state index contributed by atoms with van der Waals surface area (Å²) >= 11 is 6.48. The zero-order valence-corrected chi connectivity index (χ0v) is 12.9. The average molecular weight is 338 g/mol. The number of primary amides is 1. The van der Waals surface area contributed by atoms with Crippen molar-refractivity contribution in [2.75, 3.05) is 0 Å². The molecule has 0 aliphatic rings. The Morgan fingerprint density at radius 1 is 1.18 bits per heavy atom. The number of rotatable bonds is 3. The molecule has 114 valence electrons. The molecule has 0 saturated heterocycles. The third-order valence-corrected chi connectivity index (χ3v) is 3.57. The third kappa shape index (κ3) is 3.32. The molecular formula is C15H13Cl2N3O2. The van der Waals surface area contributed by atoms with E-state index in [9.17, 15) is 4.79 Å². The zero-order valence-electron chi connectivity index (χ0n) is 11.3. The molecule has 0 aliphatic carbocycles. The van der Waals surface area contributed by atoms with Gasteiger partial charge in [0.05, 0.1) is 16.4 Å². The number of benzene rings is 2. The van der Waals surface area contributed by atoms with E-state index in [0.29, 0.717) is 5.52 Å². The third-order valence-electron chi connectivity index (χ3n) is 3.07. The van der Waals surface area contributed by atoms with Crippen molar-refractivity contribution in [2.45, 2.75) is 5.38 Å². The van der Waals surface area contributed by atoms with Crippen LogP contribution in [-0.4, -0.2) is 16.1 Å². The summed E-state index contributed by atoms with van der Waals surface area (Å²) in [6.45, 7) is 0. The molecule has 1 aromatic heterocycles. The van der Waals surface area contributed by atoms with Gasteiger partial charge in [-0.05, 0) is 23.3 Å². The van der Waals surface area contributed by atoms with Crippen molar-refractivity contribution in [3.05, 3.63) is 59.7 Å². The van der Waals surface area contributed by atoms with Crippen molar-refractivity contribution >= 4 is 41.1 Å². The number of nitrogens with one attached hydrogen (secondary N) is 1. The van der Waals surface area contributed by atoms with E-state index in [1.54, 1.807) is 0 Å². The highest BCUT2D eigenvalue weighted by molar-refractivity contribution is 6.22. The Kier molecular flexibility index (Phi) is 4.90. The van der Waals surface area contributed by atoms with Gasteiger partial charge in [-0.25, -0.2) is 4.79 Å². The largest absolute Gasteiger partial charge is 0.412 e. The van der Waals surface area contributed by atoms with Crippen molar-refractivity contribution in [3.8, 4) is 6.01 Å². The molecule has 3 rings (SSSR count). The van der Waals surface area contributed by atoms with Gasteiger partial charge in [0.2, 0.25) is 0 Å². The van der Waals surface area contributed by atoms with Crippen molar-refractivity contribution in [1.29, 1.82) is 0 Å². The molecule has 1 amide bonds. The number of alkyl halides is 1. The van der Waals surface area contributed by atoms with Crippen LogP contribution >= 0.6 is 24.0 Å². The number of H-pyrrole nitrogens is 1. The highest BCUT2D eigenvalue weighted by atomic mass is 35.5. The number of carbonyl (C=O) groups excluding carboxylic acids is 1. The van der Waals surface area contributed by atoms with Gasteiger partial charge in [-0.15, -0.1) is 24.0 Å². The molecule has 0 radical (unpaired) electrons. The second-order valence-corrected chi connectivity index (χ2v) is 4.95. The molecule has 22 heavy (non-hydrogen) atoms. The number of aromatic nitrogens is 2. The molecule has 5 nitrogen and oxygen atoms in total. The van der Waals surface area contributed by atoms with Gasteiger partial charge < -0.3 is 15.5 Å².